The highest BCUT2D eigenvalue weighted by Gasteiger charge is 2.41. The second-order valence-electron chi connectivity index (χ2n) is 7.28. The van der Waals surface area contributed by atoms with Gasteiger partial charge in [-0.05, 0) is 48.6 Å². The fourth-order valence-corrected chi connectivity index (χ4v) is 4.18. The third-order valence-corrected chi connectivity index (χ3v) is 5.72. The molecule has 2 amide bonds. The van der Waals surface area contributed by atoms with E-state index in [1.165, 1.54) is 0 Å². The van der Waals surface area contributed by atoms with Crippen molar-refractivity contribution in [1.29, 1.82) is 0 Å². The number of fused-ring (bicyclic) bond motifs is 1. The van der Waals surface area contributed by atoms with Crippen LogP contribution in [0.15, 0.2) is 48.5 Å². The molecule has 0 radical (unpaired) electrons. The van der Waals surface area contributed by atoms with Crippen LogP contribution in [0.25, 0.3) is 0 Å². The van der Waals surface area contributed by atoms with Gasteiger partial charge in [0.25, 0.3) is 0 Å². The number of carbonyl (C=O) groups is 2. The van der Waals surface area contributed by atoms with E-state index in [-0.39, 0.29) is 11.8 Å². The van der Waals surface area contributed by atoms with E-state index in [1.807, 2.05) is 48.5 Å². The van der Waals surface area contributed by atoms with Crippen LogP contribution in [0.3, 0.4) is 0 Å². The van der Waals surface area contributed by atoms with Gasteiger partial charge in [0.2, 0.25) is 11.8 Å². The lowest BCUT2D eigenvalue weighted by Crippen LogP contribution is -2.44. The van der Waals surface area contributed by atoms with Crippen LogP contribution in [0.4, 0.5) is 11.4 Å². The average molecular weight is 364 g/mol. The summed E-state index contributed by atoms with van der Waals surface area (Å²) in [6.07, 6.45) is 2.16. The maximum atomic E-state index is 13.3. The van der Waals surface area contributed by atoms with Gasteiger partial charge in [-0.2, -0.15) is 0 Å². The minimum Gasteiger partial charge on any atom is -0.381 e. The van der Waals surface area contributed by atoms with Crippen LogP contribution in [0.5, 0.6) is 0 Å². The van der Waals surface area contributed by atoms with Crippen molar-refractivity contribution < 1.29 is 14.3 Å². The van der Waals surface area contributed by atoms with E-state index in [0.29, 0.717) is 32.6 Å². The molecule has 1 fully saturated rings. The predicted molar refractivity (Wildman–Crippen MR) is 105 cm³/mol. The fraction of sp³-hybridized carbons (Fsp3) is 0.364. The van der Waals surface area contributed by atoms with Gasteiger partial charge in [0, 0.05) is 38.1 Å². The second-order valence-corrected chi connectivity index (χ2v) is 7.28. The fourth-order valence-electron chi connectivity index (χ4n) is 4.18. The maximum Gasteiger partial charge on any atom is 0.235 e. The molecule has 27 heavy (non-hydrogen) atoms. The SMILES string of the molecule is CC(=O)N1CCc2cc(NC(=O)C3(c4ccccc4)CCOCC3)ccc21. The lowest BCUT2D eigenvalue weighted by molar-refractivity contribution is -0.125. The van der Waals surface area contributed by atoms with Crippen molar-refractivity contribution in [3.63, 3.8) is 0 Å². The number of anilines is 2. The number of nitrogens with zero attached hydrogens (tertiary/aromatic N) is 1. The summed E-state index contributed by atoms with van der Waals surface area (Å²) in [5.74, 6) is 0.0640. The van der Waals surface area contributed by atoms with Crippen molar-refractivity contribution in [3.8, 4) is 0 Å². The zero-order chi connectivity index (χ0) is 18.9. The highest BCUT2D eigenvalue weighted by molar-refractivity contribution is 6.00. The van der Waals surface area contributed by atoms with E-state index in [9.17, 15) is 9.59 Å². The smallest absolute Gasteiger partial charge is 0.235 e. The summed E-state index contributed by atoms with van der Waals surface area (Å²) in [5, 5.41) is 3.13. The highest BCUT2D eigenvalue weighted by Crippen LogP contribution is 2.37. The normalized spacial score (nSPS) is 18.0. The molecule has 2 aliphatic heterocycles. The van der Waals surface area contributed by atoms with Crippen molar-refractivity contribution in [2.24, 2.45) is 0 Å². The standard InChI is InChI=1S/C22H24N2O3/c1-16(25)24-12-9-17-15-19(7-8-20(17)24)23-21(26)22(10-13-27-14-11-22)18-5-3-2-4-6-18/h2-8,15H,9-14H2,1H3,(H,23,26). The molecule has 5 heteroatoms. The van der Waals surface area contributed by atoms with Gasteiger partial charge in [-0.3, -0.25) is 9.59 Å². The Morgan fingerprint density at radius 3 is 2.52 bits per heavy atom. The number of hydrogen-bond donors (Lipinski definition) is 1. The Kier molecular flexibility index (Phi) is 4.70. The van der Waals surface area contributed by atoms with Crippen LogP contribution < -0.4 is 10.2 Å². The van der Waals surface area contributed by atoms with Crippen molar-refractivity contribution >= 4 is 23.2 Å². The zero-order valence-corrected chi connectivity index (χ0v) is 15.5. The molecule has 0 aromatic heterocycles. The third-order valence-electron chi connectivity index (χ3n) is 5.72. The van der Waals surface area contributed by atoms with E-state index in [1.54, 1.807) is 11.8 Å². The van der Waals surface area contributed by atoms with Crippen LogP contribution in [0.2, 0.25) is 0 Å². The monoisotopic (exact) mass is 364 g/mol. The Labute approximate surface area is 159 Å². The van der Waals surface area contributed by atoms with E-state index >= 15 is 0 Å². The van der Waals surface area contributed by atoms with Crippen LogP contribution in [0.1, 0.15) is 30.9 Å². The van der Waals surface area contributed by atoms with Crippen LogP contribution in [-0.2, 0) is 26.2 Å². The molecule has 5 nitrogen and oxygen atoms in total. The Hall–Kier alpha value is -2.66. The minimum absolute atomic E-state index is 0.0124. The number of benzene rings is 2. The Bertz CT molecular complexity index is 857. The molecule has 0 saturated carbocycles. The zero-order valence-electron chi connectivity index (χ0n) is 15.5. The minimum atomic E-state index is -0.566. The maximum absolute atomic E-state index is 13.3. The number of ether oxygens (including phenoxy) is 1. The lowest BCUT2D eigenvalue weighted by Gasteiger charge is -2.36. The molecule has 2 aliphatic rings. The molecule has 1 saturated heterocycles. The summed E-state index contributed by atoms with van der Waals surface area (Å²) in [5.41, 5.74) is 3.30. The van der Waals surface area contributed by atoms with Gasteiger partial charge in [-0.1, -0.05) is 30.3 Å². The molecule has 0 spiro atoms. The summed E-state index contributed by atoms with van der Waals surface area (Å²) in [6, 6.07) is 15.8. The summed E-state index contributed by atoms with van der Waals surface area (Å²) in [6.45, 7) is 3.45. The molecule has 2 heterocycles. The van der Waals surface area contributed by atoms with Gasteiger partial charge in [-0.15, -0.1) is 0 Å². The van der Waals surface area contributed by atoms with Crippen molar-refractivity contribution in [3.05, 3.63) is 59.7 Å². The van der Waals surface area contributed by atoms with E-state index in [2.05, 4.69) is 5.32 Å². The molecular formula is C22H24N2O3. The first-order chi connectivity index (χ1) is 13.1. The Morgan fingerprint density at radius 1 is 1.07 bits per heavy atom. The Balaban J connectivity index is 1.60. The number of rotatable bonds is 3. The van der Waals surface area contributed by atoms with Gasteiger partial charge in [0.1, 0.15) is 0 Å². The predicted octanol–water partition coefficient (Wildman–Crippen LogP) is 3.28. The molecule has 0 atom stereocenters. The second kappa shape index (κ2) is 7.16. The summed E-state index contributed by atoms with van der Waals surface area (Å²) in [7, 11) is 0. The summed E-state index contributed by atoms with van der Waals surface area (Å²) < 4.78 is 5.52. The summed E-state index contributed by atoms with van der Waals surface area (Å²) >= 11 is 0. The number of amides is 2. The molecule has 1 N–H and O–H groups in total. The van der Waals surface area contributed by atoms with Gasteiger partial charge >= 0.3 is 0 Å². The van der Waals surface area contributed by atoms with Crippen LogP contribution in [-0.4, -0.2) is 31.6 Å². The van der Waals surface area contributed by atoms with Gasteiger partial charge in [0.15, 0.2) is 0 Å². The van der Waals surface area contributed by atoms with E-state index in [0.717, 1.165) is 28.9 Å². The van der Waals surface area contributed by atoms with E-state index < -0.39 is 5.41 Å². The van der Waals surface area contributed by atoms with Crippen molar-refractivity contribution in [2.45, 2.75) is 31.6 Å². The number of carbonyl (C=O) groups excluding carboxylic acids is 2. The van der Waals surface area contributed by atoms with Crippen LogP contribution >= 0.6 is 0 Å². The highest BCUT2D eigenvalue weighted by atomic mass is 16.5. The van der Waals surface area contributed by atoms with Crippen molar-refractivity contribution in [2.75, 3.05) is 30.0 Å². The van der Waals surface area contributed by atoms with Gasteiger partial charge < -0.3 is 15.0 Å². The molecule has 2 aromatic rings. The molecule has 4 rings (SSSR count). The summed E-state index contributed by atoms with van der Waals surface area (Å²) in [4.78, 5) is 26.8. The van der Waals surface area contributed by atoms with E-state index in [4.69, 9.17) is 4.74 Å². The van der Waals surface area contributed by atoms with Gasteiger partial charge in [0.05, 0.1) is 5.41 Å². The quantitative estimate of drug-likeness (QED) is 0.909. The Morgan fingerprint density at radius 2 is 1.81 bits per heavy atom. The molecule has 0 unspecified atom stereocenters. The average Bonchev–Trinajstić information content (AvgIpc) is 3.12. The lowest BCUT2D eigenvalue weighted by atomic mass is 9.73. The van der Waals surface area contributed by atoms with Gasteiger partial charge in [-0.25, -0.2) is 0 Å². The third kappa shape index (κ3) is 3.23. The molecule has 140 valence electrons. The molecular weight excluding hydrogens is 340 g/mol. The molecule has 2 aromatic carbocycles. The number of nitrogens with one attached hydrogen (secondary N) is 1. The molecule has 0 bridgehead atoms. The largest absolute Gasteiger partial charge is 0.381 e. The first-order valence-electron chi connectivity index (χ1n) is 9.46. The first-order valence-corrected chi connectivity index (χ1v) is 9.46. The number of hydrogen-bond acceptors (Lipinski definition) is 3. The molecule has 0 aliphatic carbocycles. The van der Waals surface area contributed by atoms with Crippen LogP contribution in [0, 0.1) is 0 Å². The first kappa shape index (κ1) is 17.7. The topological polar surface area (TPSA) is 58.6 Å². The van der Waals surface area contributed by atoms with Crippen molar-refractivity contribution in [1.82, 2.24) is 0 Å².